The maximum Gasteiger partial charge on any atom is 0.323 e. The molecule has 2 atom stereocenters. The lowest BCUT2D eigenvalue weighted by atomic mass is 10.1. The summed E-state index contributed by atoms with van der Waals surface area (Å²) in [5, 5.41) is 3.41. The van der Waals surface area contributed by atoms with Gasteiger partial charge in [-0.2, -0.15) is 0 Å². The molecule has 0 aromatic rings. The summed E-state index contributed by atoms with van der Waals surface area (Å²) in [7, 11) is 0. The molecule has 0 unspecified atom stereocenters. The maximum absolute atomic E-state index is 11.6. The number of nitrogens with one attached hydrogen (secondary N) is 1. The van der Waals surface area contributed by atoms with E-state index in [-0.39, 0.29) is 23.5 Å². The molecule has 0 aliphatic rings. The fourth-order valence-corrected chi connectivity index (χ4v) is 1.43. The van der Waals surface area contributed by atoms with Crippen molar-refractivity contribution in [2.75, 3.05) is 6.61 Å². The van der Waals surface area contributed by atoms with Gasteiger partial charge in [0.05, 0.1) is 0 Å². The van der Waals surface area contributed by atoms with Crippen molar-refractivity contribution in [3.63, 3.8) is 0 Å². The normalized spacial score (nSPS) is 15.8. The molecule has 102 valence electrons. The van der Waals surface area contributed by atoms with Gasteiger partial charge in [0.25, 0.3) is 0 Å². The Hall–Kier alpha value is -0.610. The first-order chi connectivity index (χ1) is 7.67. The summed E-state index contributed by atoms with van der Waals surface area (Å²) in [6.07, 6.45) is 0.918. The number of hydrogen-bond donors (Lipinski definition) is 2. The Balaban J connectivity index is 4.11. The predicted octanol–water partition coefficient (Wildman–Crippen LogP) is 1.68. The molecule has 0 rings (SSSR count). The van der Waals surface area contributed by atoms with Crippen LogP contribution in [0.25, 0.3) is 0 Å². The molecule has 0 radical (unpaired) electrons. The predicted molar refractivity (Wildman–Crippen MR) is 70.7 cm³/mol. The van der Waals surface area contributed by atoms with Gasteiger partial charge < -0.3 is 15.8 Å². The SMILES string of the molecule is CC[C@H](COC(=O)[C@@H](N)C(C)C)NC(C)(C)C. The molecule has 0 aliphatic heterocycles. The minimum absolute atomic E-state index is 0.0211. The van der Waals surface area contributed by atoms with Gasteiger partial charge in [-0.05, 0) is 33.1 Å². The van der Waals surface area contributed by atoms with Crippen LogP contribution in [0.15, 0.2) is 0 Å². The molecule has 0 aliphatic carbocycles. The number of carbonyl (C=O) groups excluding carboxylic acids is 1. The van der Waals surface area contributed by atoms with Gasteiger partial charge in [0.2, 0.25) is 0 Å². The number of esters is 1. The highest BCUT2D eigenvalue weighted by molar-refractivity contribution is 5.75. The smallest absolute Gasteiger partial charge is 0.323 e. The third kappa shape index (κ3) is 7.34. The molecular formula is C13H28N2O2. The molecule has 0 saturated carbocycles. The average molecular weight is 244 g/mol. The molecule has 0 fully saturated rings. The molecule has 0 aromatic heterocycles. The first kappa shape index (κ1) is 16.4. The van der Waals surface area contributed by atoms with Gasteiger partial charge in [-0.1, -0.05) is 20.8 Å². The zero-order valence-electron chi connectivity index (χ0n) is 12.0. The van der Waals surface area contributed by atoms with E-state index in [1.165, 1.54) is 0 Å². The van der Waals surface area contributed by atoms with Crippen molar-refractivity contribution < 1.29 is 9.53 Å². The molecule has 4 heteroatoms. The Kier molecular flexibility index (Phi) is 6.72. The highest BCUT2D eigenvalue weighted by Gasteiger charge is 2.21. The highest BCUT2D eigenvalue weighted by atomic mass is 16.5. The summed E-state index contributed by atoms with van der Waals surface area (Å²) in [6, 6.07) is -0.347. The van der Waals surface area contributed by atoms with Crippen molar-refractivity contribution in [2.24, 2.45) is 11.7 Å². The quantitative estimate of drug-likeness (QED) is 0.698. The molecule has 0 spiro atoms. The zero-order valence-corrected chi connectivity index (χ0v) is 12.0. The largest absolute Gasteiger partial charge is 0.463 e. The van der Waals surface area contributed by atoms with Gasteiger partial charge in [-0.15, -0.1) is 0 Å². The molecule has 0 bridgehead atoms. The highest BCUT2D eigenvalue weighted by Crippen LogP contribution is 2.06. The van der Waals surface area contributed by atoms with Crippen LogP contribution in [0.2, 0.25) is 0 Å². The average Bonchev–Trinajstić information content (AvgIpc) is 2.20. The van der Waals surface area contributed by atoms with Crippen LogP contribution >= 0.6 is 0 Å². The minimum atomic E-state index is -0.526. The van der Waals surface area contributed by atoms with Crippen LogP contribution < -0.4 is 11.1 Å². The van der Waals surface area contributed by atoms with Crippen molar-refractivity contribution >= 4 is 5.97 Å². The van der Waals surface area contributed by atoms with E-state index in [1.54, 1.807) is 0 Å². The van der Waals surface area contributed by atoms with Crippen LogP contribution in [0.4, 0.5) is 0 Å². The van der Waals surface area contributed by atoms with E-state index in [9.17, 15) is 4.79 Å². The number of ether oxygens (including phenoxy) is 1. The standard InChI is InChI=1S/C13H28N2O2/c1-7-10(15-13(4,5)6)8-17-12(16)11(14)9(2)3/h9-11,15H,7-8,14H2,1-6H3/t10-,11+/m1/s1. The van der Waals surface area contributed by atoms with Crippen LogP contribution in [-0.2, 0) is 9.53 Å². The number of rotatable bonds is 6. The lowest BCUT2D eigenvalue weighted by Crippen LogP contribution is -2.47. The fourth-order valence-electron chi connectivity index (χ4n) is 1.43. The Labute approximate surface area is 105 Å². The lowest BCUT2D eigenvalue weighted by molar-refractivity contribution is -0.147. The molecular weight excluding hydrogens is 216 g/mol. The minimum Gasteiger partial charge on any atom is -0.463 e. The van der Waals surface area contributed by atoms with Crippen LogP contribution in [0, 0.1) is 5.92 Å². The Morgan fingerprint density at radius 3 is 2.24 bits per heavy atom. The van der Waals surface area contributed by atoms with Gasteiger partial charge in [0, 0.05) is 11.6 Å². The summed E-state index contributed by atoms with van der Waals surface area (Å²) in [5.74, 6) is -0.202. The van der Waals surface area contributed by atoms with E-state index in [4.69, 9.17) is 10.5 Å². The number of carbonyl (C=O) groups is 1. The summed E-state index contributed by atoms with van der Waals surface area (Å²) < 4.78 is 5.24. The van der Waals surface area contributed by atoms with Crippen LogP contribution in [0.1, 0.15) is 48.0 Å². The van der Waals surface area contributed by atoms with Gasteiger partial charge in [-0.3, -0.25) is 4.79 Å². The van der Waals surface area contributed by atoms with E-state index < -0.39 is 6.04 Å². The number of nitrogens with two attached hydrogens (primary N) is 1. The molecule has 0 saturated heterocycles. The van der Waals surface area contributed by atoms with Crippen molar-refractivity contribution in [1.82, 2.24) is 5.32 Å². The van der Waals surface area contributed by atoms with Crippen molar-refractivity contribution in [3.05, 3.63) is 0 Å². The van der Waals surface area contributed by atoms with Crippen molar-refractivity contribution in [2.45, 2.75) is 65.6 Å². The molecule has 17 heavy (non-hydrogen) atoms. The summed E-state index contributed by atoms with van der Waals surface area (Å²) >= 11 is 0. The summed E-state index contributed by atoms with van der Waals surface area (Å²) in [5.41, 5.74) is 5.74. The van der Waals surface area contributed by atoms with E-state index in [0.29, 0.717) is 6.61 Å². The van der Waals surface area contributed by atoms with Crippen LogP contribution in [-0.4, -0.2) is 30.2 Å². The van der Waals surface area contributed by atoms with Gasteiger partial charge >= 0.3 is 5.97 Å². The molecule has 3 N–H and O–H groups in total. The molecule has 4 nitrogen and oxygen atoms in total. The fraction of sp³-hybridized carbons (Fsp3) is 0.923. The van der Waals surface area contributed by atoms with Gasteiger partial charge in [0.15, 0.2) is 0 Å². The second-order valence-electron chi connectivity index (χ2n) is 5.90. The number of hydrogen-bond acceptors (Lipinski definition) is 4. The van der Waals surface area contributed by atoms with E-state index >= 15 is 0 Å². The van der Waals surface area contributed by atoms with E-state index in [2.05, 4.69) is 33.0 Å². The Morgan fingerprint density at radius 2 is 1.88 bits per heavy atom. The van der Waals surface area contributed by atoms with Gasteiger partial charge in [0.1, 0.15) is 12.6 Å². The van der Waals surface area contributed by atoms with E-state index in [0.717, 1.165) is 6.42 Å². The van der Waals surface area contributed by atoms with E-state index in [1.807, 2.05) is 13.8 Å². The van der Waals surface area contributed by atoms with Crippen LogP contribution in [0.3, 0.4) is 0 Å². The maximum atomic E-state index is 11.6. The van der Waals surface area contributed by atoms with Crippen molar-refractivity contribution in [1.29, 1.82) is 0 Å². The lowest BCUT2D eigenvalue weighted by Gasteiger charge is -2.28. The summed E-state index contributed by atoms with van der Waals surface area (Å²) in [4.78, 5) is 11.6. The molecule has 0 aromatic carbocycles. The second-order valence-corrected chi connectivity index (χ2v) is 5.90. The Bertz CT molecular complexity index is 234. The second kappa shape index (κ2) is 6.97. The Morgan fingerprint density at radius 1 is 1.35 bits per heavy atom. The van der Waals surface area contributed by atoms with Gasteiger partial charge in [-0.25, -0.2) is 0 Å². The monoisotopic (exact) mass is 244 g/mol. The first-order valence-corrected chi connectivity index (χ1v) is 6.37. The zero-order chi connectivity index (χ0) is 13.6. The topological polar surface area (TPSA) is 64.3 Å². The molecule has 0 amide bonds. The van der Waals surface area contributed by atoms with Crippen LogP contribution in [0.5, 0.6) is 0 Å². The van der Waals surface area contributed by atoms with Crippen molar-refractivity contribution in [3.8, 4) is 0 Å². The third-order valence-electron chi connectivity index (χ3n) is 2.55. The summed E-state index contributed by atoms with van der Waals surface area (Å²) in [6.45, 7) is 12.6. The first-order valence-electron chi connectivity index (χ1n) is 6.37. The third-order valence-corrected chi connectivity index (χ3v) is 2.55. The molecule has 0 heterocycles.